The Kier molecular flexibility index (Phi) is 6.70. The Morgan fingerprint density at radius 3 is 2.32 bits per heavy atom. The highest BCUT2D eigenvalue weighted by molar-refractivity contribution is 6.04. The molecule has 0 aliphatic carbocycles. The molecule has 5 aromatic rings. The largest absolute Gasteiger partial charge is 0.382 e. The second-order valence-corrected chi connectivity index (χ2v) is 9.17. The number of rotatable bonds is 7. The summed E-state index contributed by atoms with van der Waals surface area (Å²) in [5.74, 6) is 6.78. The minimum absolute atomic E-state index is 0.329. The summed E-state index contributed by atoms with van der Waals surface area (Å²) < 4.78 is 2.23. The molecule has 186 valence electrons. The average molecular weight is 490 g/mol. The Balaban J connectivity index is 1.54. The number of benzene rings is 3. The molecule has 0 aliphatic rings. The average Bonchev–Trinajstić information content (AvgIpc) is 3.27. The number of pyridine rings is 1. The number of aryl methyl sites for hydroxylation is 3. The van der Waals surface area contributed by atoms with Crippen LogP contribution in [0.4, 0.5) is 0 Å². The molecule has 0 radical (unpaired) electrons. The van der Waals surface area contributed by atoms with Crippen molar-refractivity contribution in [3.05, 3.63) is 107 Å². The van der Waals surface area contributed by atoms with Crippen LogP contribution < -0.4 is 17.1 Å². The van der Waals surface area contributed by atoms with E-state index in [9.17, 15) is 0 Å². The zero-order valence-corrected chi connectivity index (χ0v) is 21.4. The molecule has 0 saturated carbocycles. The summed E-state index contributed by atoms with van der Waals surface area (Å²) >= 11 is 0. The molecule has 0 spiro atoms. The molecule has 0 bridgehead atoms. The van der Waals surface area contributed by atoms with Gasteiger partial charge in [0, 0.05) is 17.7 Å². The lowest BCUT2D eigenvalue weighted by molar-refractivity contribution is 0.745. The van der Waals surface area contributed by atoms with Crippen LogP contribution in [0.15, 0.2) is 84.0 Å². The molecule has 0 aliphatic heterocycles. The van der Waals surface area contributed by atoms with Crippen molar-refractivity contribution < 1.29 is 0 Å². The summed E-state index contributed by atoms with van der Waals surface area (Å²) in [7, 11) is 0. The van der Waals surface area contributed by atoms with E-state index < -0.39 is 0 Å². The topological polar surface area (TPSA) is 107 Å². The van der Waals surface area contributed by atoms with Gasteiger partial charge in [0.1, 0.15) is 11.3 Å². The molecule has 0 saturated heterocycles. The van der Waals surface area contributed by atoms with Crippen LogP contribution in [-0.4, -0.2) is 20.4 Å². The van der Waals surface area contributed by atoms with Crippen LogP contribution in [0.3, 0.4) is 0 Å². The lowest BCUT2D eigenvalue weighted by atomic mass is 9.93. The third-order valence-corrected chi connectivity index (χ3v) is 6.61. The first-order valence-corrected chi connectivity index (χ1v) is 12.4. The van der Waals surface area contributed by atoms with Crippen molar-refractivity contribution in [3.63, 3.8) is 0 Å². The van der Waals surface area contributed by atoms with Gasteiger partial charge in [-0.3, -0.25) is 0 Å². The number of imidazole rings is 1. The van der Waals surface area contributed by atoms with Crippen molar-refractivity contribution in [2.24, 2.45) is 16.7 Å². The zero-order valence-electron chi connectivity index (χ0n) is 21.4. The van der Waals surface area contributed by atoms with E-state index in [0.717, 1.165) is 62.5 Å². The van der Waals surface area contributed by atoms with Crippen molar-refractivity contribution in [3.8, 4) is 22.3 Å². The molecular weight excluding hydrogens is 458 g/mol. The molecule has 7 nitrogen and oxygen atoms in total. The van der Waals surface area contributed by atoms with Crippen LogP contribution in [-0.2, 0) is 13.0 Å². The standard InChI is InChI=1S/C30H31N7/c1-4-27-34-28-19(2)16-20(3)33-30(28)37(27)18-21-10-12-23(13-11-21)26-17-24(22-8-6-5-7-9-22)14-15-25(26)29(31)35-36-32/h5-17,36H,4,18,32H2,1-3H3,(H2,31,35). The van der Waals surface area contributed by atoms with Gasteiger partial charge in [-0.1, -0.05) is 67.6 Å². The number of nitrogens with two attached hydrogens (primary N) is 2. The van der Waals surface area contributed by atoms with Crippen molar-refractivity contribution in [2.45, 2.75) is 33.7 Å². The molecule has 5 N–H and O–H groups in total. The van der Waals surface area contributed by atoms with E-state index in [0.29, 0.717) is 12.4 Å². The summed E-state index contributed by atoms with van der Waals surface area (Å²) in [6.07, 6.45) is 0.844. The van der Waals surface area contributed by atoms with Gasteiger partial charge in [0.25, 0.3) is 0 Å². The fraction of sp³-hybridized carbons (Fsp3) is 0.167. The maximum absolute atomic E-state index is 6.25. The molecule has 7 heteroatoms. The normalized spacial score (nSPS) is 11.7. The summed E-state index contributed by atoms with van der Waals surface area (Å²) in [5, 5.41) is 4.02. The molecule has 0 fully saturated rings. The van der Waals surface area contributed by atoms with Gasteiger partial charge in [-0.05, 0) is 65.4 Å². The van der Waals surface area contributed by atoms with Gasteiger partial charge in [0.15, 0.2) is 11.5 Å². The van der Waals surface area contributed by atoms with E-state index in [1.165, 1.54) is 5.56 Å². The second kappa shape index (κ2) is 10.2. The Labute approximate surface area is 216 Å². The number of nitrogens with zero attached hydrogens (tertiary/aromatic N) is 4. The molecule has 2 aromatic heterocycles. The minimum Gasteiger partial charge on any atom is -0.382 e. The Bertz CT molecular complexity index is 1580. The SMILES string of the molecule is CCc1nc2c(C)cc(C)nc2n1Cc1ccc(-c2cc(-c3ccccc3)ccc2/C(N)=N/NN)cc1. The van der Waals surface area contributed by atoms with Gasteiger partial charge in [0.05, 0.1) is 6.54 Å². The highest BCUT2D eigenvalue weighted by atomic mass is 15.5. The highest BCUT2D eigenvalue weighted by Crippen LogP contribution is 2.30. The number of nitrogens with one attached hydrogen (secondary N) is 1. The maximum atomic E-state index is 6.25. The van der Waals surface area contributed by atoms with Gasteiger partial charge in [-0.25, -0.2) is 21.3 Å². The van der Waals surface area contributed by atoms with Gasteiger partial charge in [-0.15, -0.1) is 5.10 Å². The molecular formula is C30H31N7. The van der Waals surface area contributed by atoms with Gasteiger partial charge in [-0.2, -0.15) is 0 Å². The van der Waals surface area contributed by atoms with E-state index in [-0.39, 0.29) is 0 Å². The first kappa shape index (κ1) is 24.2. The van der Waals surface area contributed by atoms with Crippen LogP contribution in [0.2, 0.25) is 0 Å². The quantitative estimate of drug-likeness (QED) is 0.128. The van der Waals surface area contributed by atoms with E-state index in [4.69, 9.17) is 21.5 Å². The Morgan fingerprint density at radius 2 is 1.62 bits per heavy atom. The predicted octanol–water partition coefficient (Wildman–Crippen LogP) is 5.08. The van der Waals surface area contributed by atoms with Crippen molar-refractivity contribution in [1.29, 1.82) is 0 Å². The summed E-state index contributed by atoms with van der Waals surface area (Å²) in [6, 6.07) is 27.1. The summed E-state index contributed by atoms with van der Waals surface area (Å²) in [5.41, 5.74) is 18.9. The third-order valence-electron chi connectivity index (χ3n) is 6.61. The van der Waals surface area contributed by atoms with E-state index in [1.54, 1.807) is 0 Å². The zero-order chi connectivity index (χ0) is 25.9. The fourth-order valence-corrected chi connectivity index (χ4v) is 4.80. The summed E-state index contributed by atoms with van der Waals surface area (Å²) in [4.78, 5) is 9.69. The maximum Gasteiger partial charge on any atom is 0.160 e. The van der Waals surface area contributed by atoms with Crippen LogP contribution in [0.1, 0.15) is 35.1 Å². The Hall–Kier alpha value is -4.49. The highest BCUT2D eigenvalue weighted by Gasteiger charge is 2.15. The van der Waals surface area contributed by atoms with Crippen molar-refractivity contribution in [1.82, 2.24) is 20.1 Å². The van der Waals surface area contributed by atoms with Crippen LogP contribution in [0.25, 0.3) is 33.4 Å². The van der Waals surface area contributed by atoms with Gasteiger partial charge in [0.2, 0.25) is 0 Å². The molecule has 0 atom stereocenters. The number of amidine groups is 1. The van der Waals surface area contributed by atoms with Gasteiger partial charge < -0.3 is 10.3 Å². The summed E-state index contributed by atoms with van der Waals surface area (Å²) in [6.45, 7) is 6.96. The number of hydrazone groups is 1. The predicted molar refractivity (Wildman–Crippen MR) is 151 cm³/mol. The first-order valence-electron chi connectivity index (χ1n) is 12.4. The van der Waals surface area contributed by atoms with E-state index in [1.807, 2.05) is 31.2 Å². The lowest BCUT2D eigenvalue weighted by Crippen LogP contribution is -2.23. The molecule has 37 heavy (non-hydrogen) atoms. The number of hydrogen-bond acceptors (Lipinski definition) is 5. The minimum atomic E-state index is 0.329. The number of hydrazine groups is 1. The number of aromatic nitrogens is 3. The molecule has 5 rings (SSSR count). The first-order chi connectivity index (χ1) is 18.0. The second-order valence-electron chi connectivity index (χ2n) is 9.17. The monoisotopic (exact) mass is 489 g/mol. The Morgan fingerprint density at radius 1 is 0.892 bits per heavy atom. The van der Waals surface area contributed by atoms with E-state index in [2.05, 4.69) is 83.6 Å². The van der Waals surface area contributed by atoms with Crippen LogP contribution >= 0.6 is 0 Å². The van der Waals surface area contributed by atoms with Crippen molar-refractivity contribution in [2.75, 3.05) is 0 Å². The van der Waals surface area contributed by atoms with Crippen LogP contribution in [0.5, 0.6) is 0 Å². The molecule has 2 heterocycles. The lowest BCUT2D eigenvalue weighted by Gasteiger charge is -2.14. The van der Waals surface area contributed by atoms with Gasteiger partial charge >= 0.3 is 0 Å². The molecule has 3 aromatic carbocycles. The molecule has 0 unspecified atom stereocenters. The smallest absolute Gasteiger partial charge is 0.160 e. The number of fused-ring (bicyclic) bond motifs is 1. The fourth-order valence-electron chi connectivity index (χ4n) is 4.80. The van der Waals surface area contributed by atoms with Crippen LogP contribution in [0, 0.1) is 13.8 Å². The van der Waals surface area contributed by atoms with E-state index >= 15 is 0 Å². The van der Waals surface area contributed by atoms with Crippen molar-refractivity contribution >= 4 is 17.0 Å². The number of hydrogen-bond donors (Lipinski definition) is 3. The third kappa shape index (κ3) is 4.81. The molecule has 0 amide bonds.